The van der Waals surface area contributed by atoms with E-state index in [9.17, 15) is 0 Å². The Hall–Kier alpha value is -0.900. The fraction of sp³-hybridized carbons (Fsp3) is 0.778. The van der Waals surface area contributed by atoms with Crippen LogP contribution in [0.1, 0.15) is 37.5 Å². The molecule has 0 amide bonds. The third-order valence-electron chi connectivity index (χ3n) is 2.55. The van der Waals surface area contributed by atoms with Crippen molar-refractivity contribution in [2.45, 2.75) is 38.6 Å². The number of hydrogen-bond acceptors (Lipinski definition) is 3. The van der Waals surface area contributed by atoms with Crippen molar-refractivity contribution in [1.29, 1.82) is 0 Å². The highest BCUT2D eigenvalue weighted by Crippen LogP contribution is 2.21. The van der Waals surface area contributed by atoms with Crippen LogP contribution in [0.2, 0.25) is 0 Å². The lowest BCUT2D eigenvalue weighted by Gasteiger charge is -2.18. The summed E-state index contributed by atoms with van der Waals surface area (Å²) in [6.45, 7) is 2.83. The summed E-state index contributed by atoms with van der Waals surface area (Å²) in [7, 11) is 0. The van der Waals surface area contributed by atoms with Gasteiger partial charge in [0.25, 0.3) is 0 Å². The molecule has 1 unspecified atom stereocenters. The number of fused-ring (bicyclic) bond motifs is 1. The first-order chi connectivity index (χ1) is 6.31. The molecule has 1 aromatic heterocycles. The number of rotatable bonds is 2. The molecule has 72 valence electrons. The van der Waals surface area contributed by atoms with Crippen LogP contribution in [0.15, 0.2) is 0 Å². The summed E-state index contributed by atoms with van der Waals surface area (Å²) >= 11 is 0. The predicted octanol–water partition coefficient (Wildman–Crippen LogP) is 0.677. The Labute approximate surface area is 78.1 Å². The van der Waals surface area contributed by atoms with Crippen LogP contribution in [-0.4, -0.2) is 21.3 Å². The van der Waals surface area contributed by atoms with Gasteiger partial charge in [-0.05, 0) is 26.3 Å². The van der Waals surface area contributed by atoms with E-state index in [-0.39, 0.29) is 0 Å². The van der Waals surface area contributed by atoms with Crippen LogP contribution in [0.5, 0.6) is 0 Å². The molecule has 2 rings (SSSR count). The number of hydrogen-bond donors (Lipinski definition) is 1. The third kappa shape index (κ3) is 1.58. The van der Waals surface area contributed by atoms with Crippen LogP contribution < -0.4 is 5.73 Å². The monoisotopic (exact) mass is 180 g/mol. The van der Waals surface area contributed by atoms with Crippen molar-refractivity contribution in [3.05, 3.63) is 11.6 Å². The van der Waals surface area contributed by atoms with Gasteiger partial charge in [0.05, 0.1) is 6.04 Å². The number of nitrogens with zero attached hydrogens (tertiary/aromatic N) is 3. The van der Waals surface area contributed by atoms with Crippen molar-refractivity contribution in [3.8, 4) is 0 Å². The molecule has 4 nitrogen and oxygen atoms in total. The standard InChI is InChI=1S/C9H16N4/c1-7-3-2-4-9-11-8(5-6-10)12-13(7)9/h7H,2-6,10H2,1H3. The van der Waals surface area contributed by atoms with Crippen molar-refractivity contribution in [1.82, 2.24) is 14.8 Å². The third-order valence-corrected chi connectivity index (χ3v) is 2.55. The number of nitrogens with two attached hydrogens (primary N) is 1. The average molecular weight is 180 g/mol. The van der Waals surface area contributed by atoms with E-state index in [1.807, 2.05) is 0 Å². The van der Waals surface area contributed by atoms with E-state index in [4.69, 9.17) is 5.73 Å². The first-order valence-corrected chi connectivity index (χ1v) is 4.95. The summed E-state index contributed by atoms with van der Waals surface area (Å²) in [4.78, 5) is 4.46. The van der Waals surface area contributed by atoms with Crippen LogP contribution in [0.3, 0.4) is 0 Å². The summed E-state index contributed by atoms with van der Waals surface area (Å²) in [6, 6.07) is 0.516. The molecule has 0 aliphatic carbocycles. The SMILES string of the molecule is CC1CCCc2nc(CCN)nn21. The van der Waals surface area contributed by atoms with Gasteiger partial charge in [0.15, 0.2) is 5.82 Å². The molecule has 0 saturated carbocycles. The van der Waals surface area contributed by atoms with E-state index in [2.05, 4.69) is 21.7 Å². The van der Waals surface area contributed by atoms with Crippen molar-refractivity contribution in [3.63, 3.8) is 0 Å². The molecular formula is C9H16N4. The van der Waals surface area contributed by atoms with Gasteiger partial charge < -0.3 is 5.73 Å². The second-order valence-electron chi connectivity index (χ2n) is 3.67. The Bertz CT molecular complexity index is 292. The molecule has 4 heteroatoms. The highest BCUT2D eigenvalue weighted by molar-refractivity contribution is 4.98. The van der Waals surface area contributed by atoms with Crippen molar-refractivity contribution >= 4 is 0 Å². The minimum atomic E-state index is 0.516. The Morgan fingerprint density at radius 1 is 1.62 bits per heavy atom. The van der Waals surface area contributed by atoms with Crippen molar-refractivity contribution < 1.29 is 0 Å². The first kappa shape index (κ1) is 8.69. The maximum Gasteiger partial charge on any atom is 0.152 e. The summed E-state index contributed by atoms with van der Waals surface area (Å²) in [6.07, 6.45) is 4.33. The molecule has 1 atom stereocenters. The van der Waals surface area contributed by atoms with Crippen LogP contribution in [0, 0.1) is 0 Å². The predicted molar refractivity (Wildman–Crippen MR) is 50.4 cm³/mol. The largest absolute Gasteiger partial charge is 0.330 e. The summed E-state index contributed by atoms with van der Waals surface area (Å²) in [5, 5.41) is 4.45. The van der Waals surface area contributed by atoms with Gasteiger partial charge in [-0.3, -0.25) is 0 Å². The molecule has 0 fully saturated rings. The van der Waals surface area contributed by atoms with Gasteiger partial charge in [-0.15, -0.1) is 0 Å². The molecule has 0 saturated heterocycles. The lowest BCUT2D eigenvalue weighted by molar-refractivity contribution is 0.387. The fourth-order valence-electron chi connectivity index (χ4n) is 1.84. The van der Waals surface area contributed by atoms with E-state index in [0.29, 0.717) is 12.6 Å². The van der Waals surface area contributed by atoms with E-state index < -0.39 is 0 Å². The molecule has 0 spiro atoms. The Morgan fingerprint density at radius 3 is 3.15 bits per heavy atom. The zero-order valence-corrected chi connectivity index (χ0v) is 8.03. The molecule has 0 bridgehead atoms. The fourth-order valence-corrected chi connectivity index (χ4v) is 1.84. The van der Waals surface area contributed by atoms with Gasteiger partial charge in [-0.1, -0.05) is 0 Å². The van der Waals surface area contributed by atoms with Gasteiger partial charge >= 0.3 is 0 Å². The maximum atomic E-state index is 5.46. The Kier molecular flexibility index (Phi) is 2.31. The molecule has 0 radical (unpaired) electrons. The molecule has 1 aliphatic heterocycles. The van der Waals surface area contributed by atoms with E-state index in [0.717, 1.165) is 24.5 Å². The van der Waals surface area contributed by atoms with Crippen LogP contribution >= 0.6 is 0 Å². The molecule has 2 N–H and O–H groups in total. The minimum Gasteiger partial charge on any atom is -0.330 e. The quantitative estimate of drug-likeness (QED) is 0.728. The Morgan fingerprint density at radius 2 is 2.46 bits per heavy atom. The number of aromatic nitrogens is 3. The maximum absolute atomic E-state index is 5.46. The topological polar surface area (TPSA) is 56.7 Å². The summed E-state index contributed by atoms with van der Waals surface area (Å²) in [5.74, 6) is 2.05. The van der Waals surface area contributed by atoms with Crippen molar-refractivity contribution in [2.24, 2.45) is 5.73 Å². The first-order valence-electron chi connectivity index (χ1n) is 4.95. The molecule has 2 heterocycles. The van der Waals surface area contributed by atoms with E-state index in [1.54, 1.807) is 0 Å². The van der Waals surface area contributed by atoms with Gasteiger partial charge in [0, 0.05) is 12.8 Å². The molecule has 1 aromatic rings. The van der Waals surface area contributed by atoms with Gasteiger partial charge in [0.2, 0.25) is 0 Å². The van der Waals surface area contributed by atoms with E-state index >= 15 is 0 Å². The minimum absolute atomic E-state index is 0.516. The van der Waals surface area contributed by atoms with Crippen molar-refractivity contribution in [2.75, 3.05) is 6.54 Å². The van der Waals surface area contributed by atoms with Crippen LogP contribution in [0.4, 0.5) is 0 Å². The second-order valence-corrected chi connectivity index (χ2v) is 3.67. The lowest BCUT2D eigenvalue weighted by Crippen LogP contribution is -2.16. The van der Waals surface area contributed by atoms with Crippen LogP contribution in [0.25, 0.3) is 0 Å². The number of aryl methyl sites for hydroxylation is 1. The molecule has 1 aliphatic rings. The van der Waals surface area contributed by atoms with Gasteiger partial charge in [0.1, 0.15) is 5.82 Å². The lowest BCUT2D eigenvalue weighted by atomic mass is 10.1. The highest BCUT2D eigenvalue weighted by atomic mass is 15.4. The summed E-state index contributed by atoms with van der Waals surface area (Å²) in [5.41, 5.74) is 5.46. The Balaban J connectivity index is 2.25. The zero-order valence-electron chi connectivity index (χ0n) is 8.03. The average Bonchev–Trinajstić information content (AvgIpc) is 2.49. The summed E-state index contributed by atoms with van der Waals surface area (Å²) < 4.78 is 2.06. The van der Waals surface area contributed by atoms with Gasteiger partial charge in [-0.25, -0.2) is 9.67 Å². The van der Waals surface area contributed by atoms with Gasteiger partial charge in [-0.2, -0.15) is 5.10 Å². The normalized spacial score (nSPS) is 21.5. The zero-order chi connectivity index (χ0) is 9.26. The van der Waals surface area contributed by atoms with Crippen LogP contribution in [-0.2, 0) is 12.8 Å². The highest BCUT2D eigenvalue weighted by Gasteiger charge is 2.18. The molecular weight excluding hydrogens is 164 g/mol. The molecule has 13 heavy (non-hydrogen) atoms. The van der Waals surface area contributed by atoms with E-state index in [1.165, 1.54) is 12.8 Å². The second kappa shape index (κ2) is 3.46. The smallest absolute Gasteiger partial charge is 0.152 e. The molecule has 0 aromatic carbocycles.